The molecule has 7 heteroatoms. The van der Waals surface area contributed by atoms with Gasteiger partial charge in [0, 0.05) is 19.9 Å². The van der Waals surface area contributed by atoms with Crippen molar-refractivity contribution in [1.82, 2.24) is 14.9 Å². The van der Waals surface area contributed by atoms with Crippen LogP contribution in [0.25, 0.3) is 10.2 Å². The number of fused-ring (bicyclic) bond motifs is 1. The molecule has 1 aliphatic rings. The molecule has 0 N–H and O–H groups in total. The molecule has 6 nitrogen and oxygen atoms in total. The van der Waals surface area contributed by atoms with Crippen molar-refractivity contribution in [3.05, 3.63) is 65.2 Å². The molecule has 1 aliphatic heterocycles. The van der Waals surface area contributed by atoms with E-state index in [1.807, 2.05) is 54.6 Å². The van der Waals surface area contributed by atoms with Gasteiger partial charge in [0.2, 0.25) is 5.91 Å². The molecule has 0 saturated carbocycles. The summed E-state index contributed by atoms with van der Waals surface area (Å²) < 4.78 is 1.10. The van der Waals surface area contributed by atoms with Crippen LogP contribution in [0.4, 0.5) is 0 Å². The Labute approximate surface area is 167 Å². The van der Waals surface area contributed by atoms with Gasteiger partial charge in [-0.1, -0.05) is 42.5 Å². The summed E-state index contributed by atoms with van der Waals surface area (Å²) in [5.74, 6) is -0.223. The molecule has 3 aromatic rings. The summed E-state index contributed by atoms with van der Waals surface area (Å²) in [4.78, 5) is 31.3. The SMILES string of the molecule is CN(Cc1nc2ccccc2s1)C(=O)C1=NN(Cc2ccccc2)C(=O)CC1. The summed E-state index contributed by atoms with van der Waals surface area (Å²) in [6.07, 6.45) is 0.666. The molecule has 142 valence electrons. The molecule has 0 unspecified atom stereocenters. The van der Waals surface area contributed by atoms with Crippen molar-refractivity contribution >= 4 is 39.1 Å². The molecule has 2 heterocycles. The van der Waals surface area contributed by atoms with Gasteiger partial charge in [-0.05, 0) is 17.7 Å². The fourth-order valence-corrected chi connectivity index (χ4v) is 4.14. The van der Waals surface area contributed by atoms with Gasteiger partial charge in [0.1, 0.15) is 10.7 Å². The van der Waals surface area contributed by atoms with E-state index in [1.165, 1.54) is 5.01 Å². The minimum Gasteiger partial charge on any atom is -0.334 e. The van der Waals surface area contributed by atoms with Gasteiger partial charge in [0.25, 0.3) is 5.91 Å². The third-order valence-electron chi connectivity index (χ3n) is 4.58. The molecular weight excluding hydrogens is 372 g/mol. The van der Waals surface area contributed by atoms with Crippen LogP contribution in [0.15, 0.2) is 59.7 Å². The summed E-state index contributed by atoms with van der Waals surface area (Å²) in [6.45, 7) is 0.794. The van der Waals surface area contributed by atoms with E-state index in [2.05, 4.69) is 10.1 Å². The normalized spacial score (nSPS) is 14.2. The lowest BCUT2D eigenvalue weighted by atomic mass is 10.1. The van der Waals surface area contributed by atoms with Gasteiger partial charge >= 0.3 is 0 Å². The molecule has 0 radical (unpaired) electrons. The molecule has 0 atom stereocenters. The average molecular weight is 392 g/mol. The fraction of sp³-hybridized carbons (Fsp3) is 0.238. The third kappa shape index (κ3) is 3.94. The van der Waals surface area contributed by atoms with Gasteiger partial charge in [-0.25, -0.2) is 9.99 Å². The Balaban J connectivity index is 1.47. The second-order valence-corrected chi connectivity index (χ2v) is 7.84. The number of para-hydroxylation sites is 1. The summed E-state index contributed by atoms with van der Waals surface area (Å²) in [5, 5.41) is 6.64. The van der Waals surface area contributed by atoms with E-state index in [-0.39, 0.29) is 11.8 Å². The van der Waals surface area contributed by atoms with Crippen LogP contribution in [0.1, 0.15) is 23.4 Å². The number of aromatic nitrogens is 1. The number of hydrogen-bond donors (Lipinski definition) is 0. The van der Waals surface area contributed by atoms with E-state index in [0.717, 1.165) is 20.8 Å². The van der Waals surface area contributed by atoms with Crippen LogP contribution in [0, 0.1) is 0 Å². The topological polar surface area (TPSA) is 65.9 Å². The molecule has 0 bridgehead atoms. The zero-order valence-electron chi connectivity index (χ0n) is 15.5. The van der Waals surface area contributed by atoms with Crippen molar-refractivity contribution in [2.75, 3.05) is 7.05 Å². The lowest BCUT2D eigenvalue weighted by Crippen LogP contribution is -2.39. The minimum atomic E-state index is -0.162. The molecular formula is C21H20N4O2S. The average Bonchev–Trinajstić information content (AvgIpc) is 3.12. The van der Waals surface area contributed by atoms with Crippen molar-refractivity contribution in [2.45, 2.75) is 25.9 Å². The quantitative estimate of drug-likeness (QED) is 0.668. The summed E-state index contributed by atoms with van der Waals surface area (Å²) >= 11 is 1.58. The number of hydrogen-bond acceptors (Lipinski definition) is 5. The predicted molar refractivity (Wildman–Crippen MR) is 110 cm³/mol. The highest BCUT2D eigenvalue weighted by atomic mass is 32.1. The number of rotatable bonds is 5. The minimum absolute atomic E-state index is 0.0609. The summed E-state index contributed by atoms with van der Waals surface area (Å²) in [6, 6.07) is 17.6. The molecule has 0 fully saturated rings. The van der Waals surface area contributed by atoms with Crippen molar-refractivity contribution in [1.29, 1.82) is 0 Å². The Hall–Kier alpha value is -3.06. The van der Waals surface area contributed by atoms with Crippen LogP contribution in [0.5, 0.6) is 0 Å². The number of thiazole rings is 1. The molecule has 2 aromatic carbocycles. The highest BCUT2D eigenvalue weighted by molar-refractivity contribution is 7.18. The van der Waals surface area contributed by atoms with E-state index in [0.29, 0.717) is 31.6 Å². The Bertz CT molecular complexity index is 1010. The van der Waals surface area contributed by atoms with Crippen LogP contribution < -0.4 is 0 Å². The van der Waals surface area contributed by atoms with Gasteiger partial charge in [-0.3, -0.25) is 9.59 Å². The van der Waals surface area contributed by atoms with Crippen LogP contribution >= 0.6 is 11.3 Å². The number of nitrogens with zero attached hydrogens (tertiary/aromatic N) is 4. The second-order valence-electron chi connectivity index (χ2n) is 6.72. The first-order valence-corrected chi connectivity index (χ1v) is 9.93. The van der Waals surface area contributed by atoms with E-state index in [9.17, 15) is 9.59 Å². The van der Waals surface area contributed by atoms with E-state index >= 15 is 0 Å². The Morgan fingerprint density at radius 2 is 1.86 bits per heavy atom. The predicted octanol–water partition coefficient (Wildman–Crippen LogP) is 3.43. The number of carbonyl (C=O) groups excluding carboxylic acids is 2. The molecule has 0 saturated heterocycles. The van der Waals surface area contributed by atoms with Gasteiger partial charge in [-0.15, -0.1) is 11.3 Å². The summed E-state index contributed by atoms with van der Waals surface area (Å²) in [7, 11) is 1.74. The Kier molecular flexibility index (Phi) is 5.16. The van der Waals surface area contributed by atoms with E-state index in [4.69, 9.17) is 0 Å². The van der Waals surface area contributed by atoms with Crippen LogP contribution in [-0.4, -0.2) is 39.5 Å². The number of carbonyl (C=O) groups is 2. The second kappa shape index (κ2) is 7.90. The van der Waals surface area contributed by atoms with Crippen molar-refractivity contribution in [2.24, 2.45) is 5.10 Å². The van der Waals surface area contributed by atoms with Crippen LogP contribution in [0.2, 0.25) is 0 Å². The van der Waals surface area contributed by atoms with Crippen molar-refractivity contribution in [3.63, 3.8) is 0 Å². The molecule has 0 spiro atoms. The Morgan fingerprint density at radius 1 is 1.11 bits per heavy atom. The number of hydrazone groups is 1. The highest BCUT2D eigenvalue weighted by Crippen LogP contribution is 2.23. The number of amides is 2. The fourth-order valence-electron chi connectivity index (χ4n) is 3.12. The zero-order valence-corrected chi connectivity index (χ0v) is 16.4. The van der Waals surface area contributed by atoms with E-state index in [1.54, 1.807) is 23.3 Å². The van der Waals surface area contributed by atoms with E-state index < -0.39 is 0 Å². The van der Waals surface area contributed by atoms with Gasteiger partial charge < -0.3 is 4.90 Å². The standard InChI is InChI=1S/C21H20N4O2S/c1-24(14-19-22-16-9-5-6-10-18(16)28-19)21(27)17-11-12-20(26)25(23-17)13-15-7-3-2-4-8-15/h2-10H,11-14H2,1H3. The van der Waals surface area contributed by atoms with Gasteiger partial charge in [0.05, 0.1) is 23.3 Å². The maximum atomic E-state index is 12.9. The monoisotopic (exact) mass is 392 g/mol. The maximum absolute atomic E-state index is 12.9. The zero-order chi connectivity index (χ0) is 19.5. The molecule has 1 aromatic heterocycles. The molecule has 2 amide bonds. The highest BCUT2D eigenvalue weighted by Gasteiger charge is 2.26. The Morgan fingerprint density at radius 3 is 2.64 bits per heavy atom. The third-order valence-corrected chi connectivity index (χ3v) is 5.61. The maximum Gasteiger partial charge on any atom is 0.270 e. The van der Waals surface area contributed by atoms with Gasteiger partial charge in [0.15, 0.2) is 0 Å². The first kappa shape index (κ1) is 18.3. The number of benzene rings is 2. The smallest absolute Gasteiger partial charge is 0.270 e. The molecule has 0 aliphatic carbocycles. The van der Waals surface area contributed by atoms with Crippen molar-refractivity contribution < 1.29 is 9.59 Å². The summed E-state index contributed by atoms with van der Waals surface area (Å²) in [5.41, 5.74) is 2.34. The first-order chi connectivity index (χ1) is 13.6. The van der Waals surface area contributed by atoms with Gasteiger partial charge in [-0.2, -0.15) is 5.10 Å². The van der Waals surface area contributed by atoms with Crippen molar-refractivity contribution in [3.8, 4) is 0 Å². The largest absolute Gasteiger partial charge is 0.334 e. The van der Waals surface area contributed by atoms with Crippen LogP contribution in [-0.2, 0) is 22.7 Å². The lowest BCUT2D eigenvalue weighted by Gasteiger charge is -2.25. The lowest BCUT2D eigenvalue weighted by molar-refractivity contribution is -0.132. The molecule has 28 heavy (non-hydrogen) atoms. The van der Waals surface area contributed by atoms with Crippen LogP contribution in [0.3, 0.4) is 0 Å². The molecule has 4 rings (SSSR count). The first-order valence-electron chi connectivity index (χ1n) is 9.12.